The number of benzene rings is 1. The lowest BCUT2D eigenvalue weighted by molar-refractivity contribution is 0.190. The third kappa shape index (κ3) is 5.95. The average Bonchev–Trinajstić information content (AvgIpc) is 2.70. The van der Waals surface area contributed by atoms with Crippen molar-refractivity contribution in [1.29, 1.82) is 0 Å². The zero-order valence-electron chi connectivity index (χ0n) is 15.7. The molecule has 3 aliphatic rings. The van der Waals surface area contributed by atoms with Crippen LogP contribution in [-0.4, -0.2) is 43.7 Å². The minimum absolute atomic E-state index is 0.461. The second-order valence-corrected chi connectivity index (χ2v) is 7.27. The largest absolute Gasteiger partial charge is 0.385 e. The van der Waals surface area contributed by atoms with E-state index in [0.29, 0.717) is 6.04 Å². The summed E-state index contributed by atoms with van der Waals surface area (Å²) in [5.74, 6) is 5.35. The number of dihydropyridines is 1. The lowest BCUT2D eigenvalue weighted by Gasteiger charge is -2.33. The van der Waals surface area contributed by atoms with Crippen molar-refractivity contribution in [1.82, 2.24) is 21.0 Å². The van der Waals surface area contributed by atoms with E-state index in [2.05, 4.69) is 63.4 Å². The monoisotopic (exact) mass is 355 g/mol. The molecule has 4 rings (SSSR count). The van der Waals surface area contributed by atoms with Crippen molar-refractivity contribution in [2.75, 3.05) is 32.7 Å². The van der Waals surface area contributed by atoms with E-state index in [1.165, 1.54) is 36.9 Å². The smallest absolute Gasteiger partial charge is 0.0334 e. The summed E-state index contributed by atoms with van der Waals surface area (Å²) < 4.78 is 0. The van der Waals surface area contributed by atoms with Crippen molar-refractivity contribution < 1.29 is 0 Å². The Morgan fingerprint density at radius 2 is 2.00 bits per heavy atom. The van der Waals surface area contributed by atoms with Gasteiger partial charge in [0.05, 0.1) is 0 Å². The van der Waals surface area contributed by atoms with Gasteiger partial charge in [0.15, 0.2) is 0 Å². The highest BCUT2D eigenvalue weighted by atomic mass is 15.3. The summed E-state index contributed by atoms with van der Waals surface area (Å²) in [7, 11) is 0. The van der Waals surface area contributed by atoms with E-state index in [1.807, 2.05) is 0 Å². The highest BCUT2D eigenvalue weighted by Gasteiger charge is 2.18. The molecule has 0 radical (unpaired) electrons. The minimum atomic E-state index is 0.461. The molecule has 1 aromatic carbocycles. The van der Waals surface area contributed by atoms with Crippen molar-refractivity contribution in [2.24, 2.45) is 5.84 Å². The number of nitrogens with one attached hydrogen (secondary N) is 3. The highest BCUT2D eigenvalue weighted by molar-refractivity contribution is 5.30. The lowest BCUT2D eigenvalue weighted by Crippen LogP contribution is -2.54. The van der Waals surface area contributed by atoms with Gasteiger partial charge < -0.3 is 10.6 Å². The van der Waals surface area contributed by atoms with Crippen LogP contribution in [-0.2, 0) is 6.54 Å². The van der Waals surface area contributed by atoms with E-state index in [-0.39, 0.29) is 0 Å². The Labute approximate surface area is 157 Å². The minimum Gasteiger partial charge on any atom is -0.385 e. The number of nitrogens with zero attached hydrogens (tertiary/aromatic N) is 1. The molecule has 1 aliphatic carbocycles. The van der Waals surface area contributed by atoms with Gasteiger partial charge in [0.25, 0.3) is 0 Å². The first-order valence-electron chi connectivity index (χ1n) is 9.90. The number of allylic oxidation sites excluding steroid dienone is 3. The first kappa shape index (κ1) is 19.1. The van der Waals surface area contributed by atoms with Crippen molar-refractivity contribution in [3.05, 3.63) is 59.3 Å². The fraction of sp³-hybridized carbons (Fsp3) is 0.524. The van der Waals surface area contributed by atoms with Gasteiger partial charge >= 0.3 is 0 Å². The van der Waals surface area contributed by atoms with Gasteiger partial charge in [0.2, 0.25) is 0 Å². The molecule has 0 spiro atoms. The predicted octanol–water partition coefficient (Wildman–Crippen LogP) is 1.90. The summed E-state index contributed by atoms with van der Waals surface area (Å²) in [6.07, 6.45) is 9.82. The van der Waals surface area contributed by atoms with E-state index in [0.717, 1.165) is 39.3 Å². The standard InChI is InChI=1S/C12H20N4.C9H13N/c13-15-8-12-10-16(7-6-14-12)9-11-4-2-1-3-5-11;1-2-6-9-8(4-1)5-3-7-10-9/h1-5,12,14-15H,6-10,13H2;3,5,10H,1-2,4,6-7H2. The van der Waals surface area contributed by atoms with E-state index in [1.54, 1.807) is 5.57 Å². The molecular formula is C21H33N5. The van der Waals surface area contributed by atoms with Crippen LogP contribution in [0.2, 0.25) is 0 Å². The van der Waals surface area contributed by atoms with Gasteiger partial charge in [-0.3, -0.25) is 16.2 Å². The van der Waals surface area contributed by atoms with E-state index >= 15 is 0 Å². The van der Waals surface area contributed by atoms with Gasteiger partial charge in [-0.05, 0) is 36.8 Å². The van der Waals surface area contributed by atoms with Crippen LogP contribution in [0.3, 0.4) is 0 Å². The van der Waals surface area contributed by atoms with Crippen molar-refractivity contribution in [3.63, 3.8) is 0 Å². The normalized spacial score (nSPS) is 22.9. The van der Waals surface area contributed by atoms with Crippen LogP contribution in [0.5, 0.6) is 0 Å². The molecule has 1 atom stereocenters. The molecule has 0 aromatic heterocycles. The number of nitrogens with two attached hydrogens (primary N) is 1. The number of rotatable bonds is 4. The molecule has 2 heterocycles. The third-order valence-electron chi connectivity index (χ3n) is 5.22. The van der Waals surface area contributed by atoms with Crippen molar-refractivity contribution >= 4 is 0 Å². The Morgan fingerprint density at radius 1 is 1.15 bits per heavy atom. The van der Waals surface area contributed by atoms with Gasteiger partial charge in [0.1, 0.15) is 0 Å². The Hall–Kier alpha value is -1.66. The van der Waals surface area contributed by atoms with Crippen LogP contribution in [0.1, 0.15) is 31.2 Å². The first-order chi connectivity index (χ1) is 12.8. The van der Waals surface area contributed by atoms with Crippen molar-refractivity contribution in [2.45, 2.75) is 38.3 Å². The zero-order chi connectivity index (χ0) is 18.0. The summed E-state index contributed by atoms with van der Waals surface area (Å²) >= 11 is 0. The van der Waals surface area contributed by atoms with Gasteiger partial charge in [-0.25, -0.2) is 0 Å². The van der Waals surface area contributed by atoms with E-state index in [9.17, 15) is 0 Å². The summed E-state index contributed by atoms with van der Waals surface area (Å²) in [6, 6.07) is 11.1. The molecular weight excluding hydrogens is 322 g/mol. The van der Waals surface area contributed by atoms with Gasteiger partial charge in [-0.15, -0.1) is 0 Å². The number of hydrogen-bond acceptors (Lipinski definition) is 5. The molecule has 142 valence electrons. The Kier molecular flexibility index (Phi) is 7.70. The summed E-state index contributed by atoms with van der Waals surface area (Å²) in [5.41, 5.74) is 7.17. The summed E-state index contributed by atoms with van der Waals surface area (Å²) in [5, 5.41) is 6.87. The fourth-order valence-electron chi connectivity index (χ4n) is 3.86. The molecule has 26 heavy (non-hydrogen) atoms. The maximum Gasteiger partial charge on any atom is 0.0334 e. The van der Waals surface area contributed by atoms with Gasteiger partial charge in [-0.1, -0.05) is 42.5 Å². The highest BCUT2D eigenvalue weighted by Crippen LogP contribution is 2.25. The Morgan fingerprint density at radius 3 is 2.81 bits per heavy atom. The molecule has 2 aliphatic heterocycles. The van der Waals surface area contributed by atoms with E-state index < -0.39 is 0 Å². The molecule has 1 unspecified atom stereocenters. The van der Waals surface area contributed by atoms with Crippen LogP contribution in [0.15, 0.2) is 53.8 Å². The van der Waals surface area contributed by atoms with Crippen LogP contribution in [0.4, 0.5) is 0 Å². The summed E-state index contributed by atoms with van der Waals surface area (Å²) in [4.78, 5) is 2.47. The number of hydrazine groups is 1. The lowest BCUT2D eigenvalue weighted by atomic mass is 9.94. The predicted molar refractivity (Wildman–Crippen MR) is 108 cm³/mol. The average molecular weight is 356 g/mol. The summed E-state index contributed by atoms with van der Waals surface area (Å²) in [6.45, 7) is 6.10. The number of hydrogen-bond donors (Lipinski definition) is 4. The molecule has 5 N–H and O–H groups in total. The molecule has 1 aromatic rings. The van der Waals surface area contributed by atoms with E-state index in [4.69, 9.17) is 5.84 Å². The zero-order valence-corrected chi connectivity index (χ0v) is 15.7. The fourth-order valence-corrected chi connectivity index (χ4v) is 3.86. The molecule has 1 saturated heterocycles. The number of piperazine rings is 1. The first-order valence-corrected chi connectivity index (χ1v) is 9.90. The third-order valence-corrected chi connectivity index (χ3v) is 5.22. The second-order valence-electron chi connectivity index (χ2n) is 7.27. The van der Waals surface area contributed by atoms with Crippen molar-refractivity contribution in [3.8, 4) is 0 Å². The van der Waals surface area contributed by atoms with Crippen LogP contribution in [0, 0.1) is 0 Å². The SMILES string of the molecule is C1=CC2=C(CCCC2)NC1.NNCC1CN(Cc2ccccc2)CCN1. The molecule has 0 bridgehead atoms. The molecule has 0 amide bonds. The molecule has 5 nitrogen and oxygen atoms in total. The topological polar surface area (TPSA) is 65.3 Å². The van der Waals surface area contributed by atoms with Gasteiger partial charge in [-0.2, -0.15) is 0 Å². The second kappa shape index (κ2) is 10.5. The maximum atomic E-state index is 5.35. The molecule has 1 fully saturated rings. The quantitative estimate of drug-likeness (QED) is 0.491. The maximum absolute atomic E-state index is 5.35. The van der Waals surface area contributed by atoms with Crippen LogP contribution >= 0.6 is 0 Å². The molecule has 5 heteroatoms. The Balaban J connectivity index is 0.000000167. The molecule has 0 saturated carbocycles. The van der Waals surface area contributed by atoms with Gasteiger partial charge in [0, 0.05) is 51.0 Å². The Bertz CT molecular complexity index is 594. The van der Waals surface area contributed by atoms with Crippen LogP contribution < -0.4 is 21.9 Å². The van der Waals surface area contributed by atoms with Crippen LogP contribution in [0.25, 0.3) is 0 Å².